The lowest BCUT2D eigenvalue weighted by atomic mass is 9.87. The Morgan fingerprint density at radius 2 is 2.05 bits per heavy atom. The molecule has 2 aliphatic rings. The van der Waals surface area contributed by atoms with Gasteiger partial charge in [-0.3, -0.25) is 0 Å². The Morgan fingerprint density at radius 3 is 2.84 bits per heavy atom. The highest BCUT2D eigenvalue weighted by atomic mass is 35.5. The number of hydrogen-bond acceptors (Lipinski definition) is 3. The Morgan fingerprint density at radius 1 is 1.26 bits per heavy atom. The molecule has 0 spiro atoms. The molecule has 3 nitrogen and oxygen atoms in total. The molecule has 0 unspecified atom stereocenters. The van der Waals surface area contributed by atoms with Gasteiger partial charge in [-0.25, -0.2) is 0 Å². The summed E-state index contributed by atoms with van der Waals surface area (Å²) in [6.45, 7) is 1.68. The zero-order chi connectivity index (χ0) is 12.4. The summed E-state index contributed by atoms with van der Waals surface area (Å²) in [5, 5.41) is 3.34. The Hall–Kier alpha value is -1.19. The van der Waals surface area contributed by atoms with E-state index >= 15 is 0 Å². The van der Waals surface area contributed by atoms with E-state index < -0.39 is 0 Å². The van der Waals surface area contributed by atoms with Crippen molar-refractivity contribution in [3.05, 3.63) is 47.3 Å². The largest absolute Gasteiger partial charge is 0.372 e. The minimum absolute atomic E-state index is 0. The van der Waals surface area contributed by atoms with E-state index in [1.54, 1.807) is 0 Å². The second kappa shape index (κ2) is 6.31. The lowest BCUT2D eigenvalue weighted by Gasteiger charge is -2.35. The number of aryl methyl sites for hydroxylation is 1. The first-order chi connectivity index (χ1) is 8.88. The van der Waals surface area contributed by atoms with Crippen molar-refractivity contribution in [1.82, 2.24) is 10.2 Å². The highest BCUT2D eigenvalue weighted by molar-refractivity contribution is 5.85. The van der Waals surface area contributed by atoms with Gasteiger partial charge in [0.1, 0.15) is 0 Å². The number of rotatable bonds is 3. The molecule has 0 saturated heterocycles. The van der Waals surface area contributed by atoms with E-state index in [2.05, 4.69) is 40.7 Å². The van der Waals surface area contributed by atoms with Crippen LogP contribution in [0.3, 0.4) is 0 Å². The van der Waals surface area contributed by atoms with E-state index in [1.807, 2.05) is 0 Å². The molecule has 3 rings (SSSR count). The van der Waals surface area contributed by atoms with Gasteiger partial charge in [-0.2, -0.15) is 0 Å². The zero-order valence-electron chi connectivity index (χ0n) is 11.1. The van der Waals surface area contributed by atoms with Crippen LogP contribution in [-0.2, 0) is 12.8 Å². The molecule has 1 aliphatic heterocycles. The van der Waals surface area contributed by atoms with E-state index in [4.69, 9.17) is 5.73 Å². The molecule has 104 valence electrons. The van der Waals surface area contributed by atoms with Crippen LogP contribution in [0, 0.1) is 0 Å². The molecule has 0 fully saturated rings. The van der Waals surface area contributed by atoms with Gasteiger partial charge in [0.05, 0.1) is 6.67 Å². The average molecular weight is 280 g/mol. The summed E-state index contributed by atoms with van der Waals surface area (Å²) in [7, 11) is 0. The summed E-state index contributed by atoms with van der Waals surface area (Å²) in [5.41, 5.74) is 10.1. The Kier molecular flexibility index (Phi) is 4.72. The van der Waals surface area contributed by atoms with Crippen molar-refractivity contribution in [2.75, 3.05) is 13.2 Å². The van der Waals surface area contributed by atoms with Crippen molar-refractivity contribution < 1.29 is 0 Å². The van der Waals surface area contributed by atoms with Crippen LogP contribution in [-0.4, -0.2) is 24.2 Å². The Labute approximate surface area is 121 Å². The number of nitrogens with two attached hydrogens (primary N) is 1. The Balaban J connectivity index is 0.00000133. The van der Waals surface area contributed by atoms with Crippen molar-refractivity contribution in [3.8, 4) is 0 Å². The van der Waals surface area contributed by atoms with Gasteiger partial charge >= 0.3 is 0 Å². The maximum atomic E-state index is 5.68. The first-order valence-corrected chi connectivity index (χ1v) is 6.84. The minimum atomic E-state index is 0. The number of fused-ring (bicyclic) bond motifs is 1. The molecular formula is C15H22ClN3. The third kappa shape index (κ3) is 2.88. The molecular weight excluding hydrogens is 258 g/mol. The summed E-state index contributed by atoms with van der Waals surface area (Å²) in [5.74, 6) is 0. The summed E-state index contributed by atoms with van der Waals surface area (Å²) in [4.78, 5) is 2.50. The third-order valence-electron chi connectivity index (χ3n) is 4.06. The van der Waals surface area contributed by atoms with Crippen molar-refractivity contribution >= 4 is 12.4 Å². The van der Waals surface area contributed by atoms with Crippen molar-refractivity contribution in [2.45, 2.75) is 31.7 Å². The fraction of sp³-hybridized carbons (Fsp3) is 0.467. The number of halogens is 1. The molecule has 0 saturated carbocycles. The van der Waals surface area contributed by atoms with Crippen LogP contribution in [0.15, 0.2) is 36.2 Å². The third-order valence-corrected chi connectivity index (χ3v) is 4.06. The van der Waals surface area contributed by atoms with Gasteiger partial charge in [0.2, 0.25) is 0 Å². The first kappa shape index (κ1) is 14.2. The normalized spacial score (nSPS) is 21.2. The van der Waals surface area contributed by atoms with Crippen molar-refractivity contribution in [2.24, 2.45) is 5.73 Å². The van der Waals surface area contributed by atoms with Crippen LogP contribution in [0.1, 0.15) is 24.0 Å². The van der Waals surface area contributed by atoms with Crippen LogP contribution in [0.2, 0.25) is 0 Å². The number of hydrogen-bond donors (Lipinski definition) is 2. The molecule has 0 aromatic heterocycles. The topological polar surface area (TPSA) is 41.3 Å². The van der Waals surface area contributed by atoms with Crippen LogP contribution in [0.4, 0.5) is 0 Å². The lowest BCUT2D eigenvalue weighted by molar-refractivity contribution is 0.237. The molecule has 19 heavy (non-hydrogen) atoms. The van der Waals surface area contributed by atoms with E-state index in [1.165, 1.54) is 36.1 Å². The molecule has 1 aromatic carbocycles. The van der Waals surface area contributed by atoms with E-state index in [0.717, 1.165) is 19.6 Å². The van der Waals surface area contributed by atoms with Gasteiger partial charge in [0.25, 0.3) is 0 Å². The lowest BCUT2D eigenvalue weighted by Crippen LogP contribution is -2.39. The molecule has 1 aliphatic carbocycles. The summed E-state index contributed by atoms with van der Waals surface area (Å²) in [6, 6.07) is 9.48. The first-order valence-electron chi connectivity index (χ1n) is 6.84. The molecule has 1 atom stereocenters. The van der Waals surface area contributed by atoms with Crippen LogP contribution in [0.5, 0.6) is 0 Å². The summed E-state index contributed by atoms with van der Waals surface area (Å²) in [6.07, 6.45) is 6.73. The number of benzene rings is 1. The molecule has 4 heteroatoms. The highest BCUT2D eigenvalue weighted by Gasteiger charge is 2.26. The van der Waals surface area contributed by atoms with Gasteiger partial charge in [-0.1, -0.05) is 24.3 Å². The minimum Gasteiger partial charge on any atom is -0.372 e. The van der Waals surface area contributed by atoms with Gasteiger partial charge in [-0.15, -0.1) is 12.4 Å². The van der Waals surface area contributed by atoms with Gasteiger partial charge in [0.15, 0.2) is 0 Å². The summed E-state index contributed by atoms with van der Waals surface area (Å²) < 4.78 is 0. The Bertz CT molecular complexity index is 458. The van der Waals surface area contributed by atoms with Crippen molar-refractivity contribution in [3.63, 3.8) is 0 Å². The predicted octanol–water partition coefficient (Wildman–Crippen LogP) is 2.02. The average Bonchev–Trinajstić information content (AvgIpc) is 2.87. The monoisotopic (exact) mass is 279 g/mol. The molecule has 3 N–H and O–H groups in total. The number of nitrogens with zero attached hydrogens (tertiary/aromatic N) is 1. The maximum absolute atomic E-state index is 5.68. The standard InChI is InChI=1S/C15H21N3.ClH/c16-8-7-15-10-17-11-18(15)14-6-5-12-3-1-2-4-13(12)9-14;/h1-4,10,14,17H,5-9,11,16H2;1H/t14-;/m0./s1. The molecule has 0 radical (unpaired) electrons. The fourth-order valence-corrected chi connectivity index (χ4v) is 3.12. The van der Waals surface area contributed by atoms with Gasteiger partial charge in [0, 0.05) is 24.4 Å². The van der Waals surface area contributed by atoms with Crippen molar-refractivity contribution in [1.29, 1.82) is 0 Å². The molecule has 0 amide bonds. The van der Waals surface area contributed by atoms with E-state index in [-0.39, 0.29) is 12.4 Å². The second-order valence-corrected chi connectivity index (χ2v) is 5.17. The molecule has 0 bridgehead atoms. The quantitative estimate of drug-likeness (QED) is 0.889. The zero-order valence-corrected chi connectivity index (χ0v) is 12.0. The molecule has 1 heterocycles. The highest BCUT2D eigenvalue weighted by Crippen LogP contribution is 2.27. The SMILES string of the molecule is Cl.NCCC1=CNCN1[C@H]1CCc2ccccc2C1. The molecule has 1 aromatic rings. The van der Waals surface area contributed by atoms with Crippen LogP contribution in [0.25, 0.3) is 0 Å². The van der Waals surface area contributed by atoms with Gasteiger partial charge < -0.3 is 16.0 Å². The van der Waals surface area contributed by atoms with E-state index in [0.29, 0.717) is 6.04 Å². The van der Waals surface area contributed by atoms with Gasteiger partial charge in [-0.05, 0) is 36.9 Å². The predicted molar refractivity (Wildman–Crippen MR) is 81.1 cm³/mol. The second-order valence-electron chi connectivity index (χ2n) is 5.17. The van der Waals surface area contributed by atoms with Crippen LogP contribution < -0.4 is 11.1 Å². The number of nitrogens with one attached hydrogen (secondary N) is 1. The summed E-state index contributed by atoms with van der Waals surface area (Å²) >= 11 is 0. The maximum Gasteiger partial charge on any atom is 0.0872 e. The fourth-order valence-electron chi connectivity index (χ4n) is 3.12. The smallest absolute Gasteiger partial charge is 0.0872 e. The van der Waals surface area contributed by atoms with Crippen LogP contribution >= 0.6 is 12.4 Å². The van der Waals surface area contributed by atoms with E-state index in [9.17, 15) is 0 Å².